The van der Waals surface area contributed by atoms with Gasteiger partial charge in [0, 0.05) is 40.4 Å². The minimum absolute atomic E-state index is 0.133. The van der Waals surface area contributed by atoms with E-state index in [2.05, 4.69) is 5.32 Å². The van der Waals surface area contributed by atoms with Gasteiger partial charge in [-0.05, 0) is 24.6 Å². The van der Waals surface area contributed by atoms with Gasteiger partial charge in [-0.1, -0.05) is 19.1 Å². The molecular formula is C22H31FN4O5S. The number of carbonyl (C=O) groups is 2. The van der Waals surface area contributed by atoms with E-state index in [9.17, 15) is 14.0 Å². The molecule has 2 heterocycles. The molecule has 11 heteroatoms. The molecule has 9 nitrogen and oxygen atoms in total. The molecule has 2 aliphatic heterocycles. The maximum Gasteiger partial charge on any atom is 0.414 e. The third kappa shape index (κ3) is 6.10. The van der Waals surface area contributed by atoms with Crippen LogP contribution in [-0.4, -0.2) is 94.2 Å². The number of cyclic esters (lactones) is 1. The van der Waals surface area contributed by atoms with Crippen molar-refractivity contribution >= 4 is 40.6 Å². The summed E-state index contributed by atoms with van der Waals surface area (Å²) < 4.78 is 30.6. The van der Waals surface area contributed by atoms with Gasteiger partial charge in [-0.25, -0.2) is 9.18 Å². The van der Waals surface area contributed by atoms with Crippen molar-refractivity contribution in [2.45, 2.75) is 25.6 Å². The van der Waals surface area contributed by atoms with Gasteiger partial charge >= 0.3 is 6.09 Å². The van der Waals surface area contributed by atoms with E-state index in [0.717, 1.165) is 6.42 Å². The van der Waals surface area contributed by atoms with Gasteiger partial charge in [0.1, 0.15) is 11.9 Å². The van der Waals surface area contributed by atoms with Crippen LogP contribution in [-0.2, 0) is 19.0 Å². The highest BCUT2D eigenvalue weighted by Crippen LogP contribution is 2.28. The van der Waals surface area contributed by atoms with Crippen LogP contribution in [0, 0.1) is 5.82 Å². The Balaban J connectivity index is 1.58. The highest BCUT2D eigenvalue weighted by molar-refractivity contribution is 7.80. The number of anilines is 2. The fourth-order valence-corrected chi connectivity index (χ4v) is 3.96. The summed E-state index contributed by atoms with van der Waals surface area (Å²) in [4.78, 5) is 30.5. The monoisotopic (exact) mass is 482 g/mol. The molecule has 1 unspecified atom stereocenters. The number of rotatable bonds is 9. The number of carbonyl (C=O) groups excluding carboxylic acids is 2. The van der Waals surface area contributed by atoms with Gasteiger partial charge in [0.05, 0.1) is 36.1 Å². The Kier molecular flexibility index (Phi) is 8.81. The molecule has 0 spiro atoms. The summed E-state index contributed by atoms with van der Waals surface area (Å²) in [6, 6.07) is 4.72. The Morgan fingerprint density at radius 2 is 2.03 bits per heavy atom. The van der Waals surface area contributed by atoms with Gasteiger partial charge in [0.2, 0.25) is 0 Å². The van der Waals surface area contributed by atoms with E-state index in [1.807, 2.05) is 11.8 Å². The van der Waals surface area contributed by atoms with Gasteiger partial charge in [-0.15, -0.1) is 0 Å². The predicted molar refractivity (Wildman–Crippen MR) is 126 cm³/mol. The van der Waals surface area contributed by atoms with Gasteiger partial charge < -0.3 is 29.3 Å². The zero-order valence-corrected chi connectivity index (χ0v) is 20.0. The second kappa shape index (κ2) is 11.6. The lowest BCUT2D eigenvalue weighted by atomic mass is 10.2. The number of piperazine rings is 1. The van der Waals surface area contributed by atoms with Crippen LogP contribution in [0.5, 0.6) is 0 Å². The number of methoxy groups -OCH3 is 2. The second-order valence-corrected chi connectivity index (χ2v) is 8.39. The average molecular weight is 483 g/mol. The maximum absolute atomic E-state index is 15.0. The van der Waals surface area contributed by atoms with Crippen LogP contribution in [0.1, 0.15) is 13.3 Å². The predicted octanol–water partition coefficient (Wildman–Crippen LogP) is 1.79. The summed E-state index contributed by atoms with van der Waals surface area (Å²) in [7, 11) is 2.99. The molecule has 182 valence electrons. The quantitative estimate of drug-likeness (QED) is 0.534. The van der Waals surface area contributed by atoms with Gasteiger partial charge in [0.25, 0.3) is 5.91 Å². The van der Waals surface area contributed by atoms with Crippen molar-refractivity contribution in [3.05, 3.63) is 24.0 Å². The Morgan fingerprint density at radius 3 is 2.64 bits per heavy atom. The second-order valence-electron chi connectivity index (χ2n) is 7.90. The zero-order chi connectivity index (χ0) is 24.0. The van der Waals surface area contributed by atoms with Crippen LogP contribution in [0.3, 0.4) is 0 Å². The van der Waals surface area contributed by atoms with E-state index in [0.29, 0.717) is 55.6 Å². The summed E-state index contributed by atoms with van der Waals surface area (Å²) in [5.74, 6) is -0.561. The average Bonchev–Trinajstić information content (AvgIpc) is 3.21. The molecule has 2 saturated heterocycles. The zero-order valence-electron chi connectivity index (χ0n) is 19.2. The first-order valence-electron chi connectivity index (χ1n) is 11.0. The van der Waals surface area contributed by atoms with Gasteiger partial charge in [0.15, 0.2) is 6.10 Å². The van der Waals surface area contributed by atoms with Crippen molar-refractivity contribution < 1.29 is 28.2 Å². The molecule has 2 atom stereocenters. The molecule has 2 fully saturated rings. The Hall–Kier alpha value is -2.50. The summed E-state index contributed by atoms with van der Waals surface area (Å²) in [5.41, 5.74) is 0.878. The molecule has 0 bridgehead atoms. The molecule has 0 aliphatic carbocycles. The van der Waals surface area contributed by atoms with E-state index in [1.54, 1.807) is 17.0 Å². The summed E-state index contributed by atoms with van der Waals surface area (Å²) in [5, 5.41) is 3.06. The number of benzene rings is 1. The van der Waals surface area contributed by atoms with Crippen LogP contribution in [0.2, 0.25) is 0 Å². The highest BCUT2D eigenvalue weighted by atomic mass is 32.1. The largest absolute Gasteiger partial charge is 0.442 e. The number of nitrogens with zero attached hydrogens (tertiary/aromatic N) is 3. The number of nitrogens with one attached hydrogen (secondary N) is 1. The van der Waals surface area contributed by atoms with Crippen LogP contribution in [0.4, 0.5) is 20.6 Å². The van der Waals surface area contributed by atoms with E-state index in [4.69, 9.17) is 26.4 Å². The number of hydrogen-bond donors (Lipinski definition) is 1. The molecule has 2 amide bonds. The van der Waals surface area contributed by atoms with E-state index in [-0.39, 0.29) is 18.6 Å². The molecule has 1 N–H and O–H groups in total. The van der Waals surface area contributed by atoms with Crippen molar-refractivity contribution in [3.63, 3.8) is 0 Å². The first kappa shape index (κ1) is 25.1. The van der Waals surface area contributed by atoms with Gasteiger partial charge in [-0.2, -0.15) is 0 Å². The molecule has 2 aliphatic rings. The highest BCUT2D eigenvalue weighted by Gasteiger charge is 2.33. The number of thiocarbonyl (C=S) groups is 1. The minimum atomic E-state index is -0.644. The fraction of sp³-hybridized carbons (Fsp3) is 0.591. The Bertz CT molecular complexity index is 865. The molecule has 0 radical (unpaired) electrons. The van der Waals surface area contributed by atoms with E-state index in [1.165, 1.54) is 25.2 Å². The van der Waals surface area contributed by atoms with Crippen molar-refractivity contribution in [1.29, 1.82) is 0 Å². The summed E-state index contributed by atoms with van der Waals surface area (Å²) >= 11 is 5.13. The molecule has 3 rings (SSSR count). The van der Waals surface area contributed by atoms with Crippen molar-refractivity contribution in [2.24, 2.45) is 0 Å². The van der Waals surface area contributed by atoms with Crippen LogP contribution < -0.4 is 15.1 Å². The molecule has 0 aromatic heterocycles. The number of ether oxygens (including phenoxy) is 3. The Morgan fingerprint density at radius 1 is 1.30 bits per heavy atom. The lowest BCUT2D eigenvalue weighted by molar-refractivity contribution is -0.145. The van der Waals surface area contributed by atoms with Crippen molar-refractivity contribution in [3.8, 4) is 0 Å². The van der Waals surface area contributed by atoms with Crippen LogP contribution in [0.25, 0.3) is 0 Å². The lowest BCUT2D eigenvalue weighted by Crippen LogP contribution is -2.52. The molecule has 0 saturated carbocycles. The molecule has 1 aromatic rings. The van der Waals surface area contributed by atoms with Crippen molar-refractivity contribution in [2.75, 3.05) is 69.9 Å². The SMILES string of the molecule is CCC(=S)NC[C@H]1CN(c2ccc(N3CCN(C(=O)C(COC)OC)CC3)c(F)c2)C(=O)O1. The van der Waals surface area contributed by atoms with E-state index < -0.39 is 18.0 Å². The summed E-state index contributed by atoms with van der Waals surface area (Å²) in [6.07, 6.45) is -0.791. The molecule has 1 aromatic carbocycles. The third-order valence-electron chi connectivity index (χ3n) is 5.78. The third-order valence-corrected chi connectivity index (χ3v) is 6.21. The van der Waals surface area contributed by atoms with E-state index >= 15 is 0 Å². The first-order chi connectivity index (χ1) is 15.9. The van der Waals surface area contributed by atoms with Crippen LogP contribution >= 0.6 is 12.2 Å². The van der Waals surface area contributed by atoms with Gasteiger partial charge in [-0.3, -0.25) is 9.69 Å². The lowest BCUT2D eigenvalue weighted by Gasteiger charge is -2.37. The minimum Gasteiger partial charge on any atom is -0.442 e. The van der Waals surface area contributed by atoms with Crippen molar-refractivity contribution in [1.82, 2.24) is 10.2 Å². The number of hydrogen-bond acceptors (Lipinski definition) is 7. The topological polar surface area (TPSA) is 83.6 Å². The Labute approximate surface area is 198 Å². The standard InChI is InChI=1S/C22H31FN4O5S/c1-4-20(33)24-12-16-13-27(22(29)32-16)15-5-6-18(17(23)11-15)25-7-9-26(10-8-25)21(28)19(31-3)14-30-2/h5-6,11,16,19H,4,7-10,12-14H2,1-3H3,(H,24,33)/t16-,19?/m0/s1. The number of halogens is 1. The molecular weight excluding hydrogens is 451 g/mol. The fourth-order valence-electron chi connectivity index (χ4n) is 3.87. The first-order valence-corrected chi connectivity index (χ1v) is 11.4. The normalized spacial score (nSPS) is 19.5. The molecule has 33 heavy (non-hydrogen) atoms. The number of amides is 2. The maximum atomic E-state index is 15.0. The summed E-state index contributed by atoms with van der Waals surface area (Å²) in [6.45, 7) is 4.76. The van der Waals surface area contributed by atoms with Crippen LogP contribution in [0.15, 0.2) is 18.2 Å². The smallest absolute Gasteiger partial charge is 0.414 e.